The molecule has 0 saturated carbocycles. The standard InChI is InChI=1S/C23H31N3O/c1-18-8-4-6-10-20(18)16-25-22(24-3)26-17-23(12-14-27-15-13-23)21-11-7-5-9-19(21)2/h4-11H,12-17H2,1-3H3,(H2,24,25,26). The Bertz CT molecular complexity index is 779. The van der Waals surface area contributed by atoms with E-state index in [2.05, 4.69) is 78.0 Å². The fraction of sp³-hybridized carbons (Fsp3) is 0.435. The number of ether oxygens (including phenoxy) is 1. The topological polar surface area (TPSA) is 45.7 Å². The van der Waals surface area contributed by atoms with E-state index in [1.165, 1.54) is 22.3 Å². The number of rotatable bonds is 5. The maximum atomic E-state index is 5.66. The minimum absolute atomic E-state index is 0.0872. The summed E-state index contributed by atoms with van der Waals surface area (Å²) in [5, 5.41) is 7.04. The van der Waals surface area contributed by atoms with Crippen molar-refractivity contribution >= 4 is 5.96 Å². The van der Waals surface area contributed by atoms with Gasteiger partial charge >= 0.3 is 0 Å². The second kappa shape index (κ2) is 9.05. The lowest BCUT2D eigenvalue weighted by atomic mass is 9.72. The van der Waals surface area contributed by atoms with Crippen LogP contribution >= 0.6 is 0 Å². The minimum Gasteiger partial charge on any atom is -0.381 e. The summed E-state index contributed by atoms with van der Waals surface area (Å²) in [6.07, 6.45) is 2.05. The molecule has 1 saturated heterocycles. The van der Waals surface area contributed by atoms with E-state index in [9.17, 15) is 0 Å². The van der Waals surface area contributed by atoms with Gasteiger partial charge in [0.1, 0.15) is 0 Å². The Labute approximate surface area is 163 Å². The summed E-state index contributed by atoms with van der Waals surface area (Å²) in [5.74, 6) is 0.845. The van der Waals surface area contributed by atoms with Crippen molar-refractivity contribution < 1.29 is 4.74 Å². The van der Waals surface area contributed by atoms with Gasteiger partial charge in [-0.3, -0.25) is 4.99 Å². The first-order valence-electron chi connectivity index (χ1n) is 9.77. The number of hydrogen-bond acceptors (Lipinski definition) is 2. The lowest BCUT2D eigenvalue weighted by Gasteiger charge is -2.39. The maximum absolute atomic E-state index is 5.66. The normalized spacial score (nSPS) is 16.8. The van der Waals surface area contributed by atoms with Crippen LogP contribution in [0.25, 0.3) is 0 Å². The highest BCUT2D eigenvalue weighted by atomic mass is 16.5. The number of nitrogens with zero attached hydrogens (tertiary/aromatic N) is 1. The van der Waals surface area contributed by atoms with Gasteiger partial charge in [-0.15, -0.1) is 0 Å². The molecule has 0 atom stereocenters. The fourth-order valence-corrected chi connectivity index (χ4v) is 3.93. The van der Waals surface area contributed by atoms with Crippen molar-refractivity contribution in [2.24, 2.45) is 4.99 Å². The van der Waals surface area contributed by atoms with Crippen LogP contribution in [0.5, 0.6) is 0 Å². The van der Waals surface area contributed by atoms with E-state index >= 15 is 0 Å². The number of nitrogens with one attached hydrogen (secondary N) is 2. The van der Waals surface area contributed by atoms with Gasteiger partial charge in [0.05, 0.1) is 0 Å². The van der Waals surface area contributed by atoms with Crippen LogP contribution in [0, 0.1) is 13.8 Å². The molecule has 1 aliphatic rings. The predicted molar refractivity (Wildman–Crippen MR) is 112 cm³/mol. The van der Waals surface area contributed by atoms with E-state index in [0.29, 0.717) is 0 Å². The fourth-order valence-electron chi connectivity index (χ4n) is 3.93. The highest BCUT2D eigenvalue weighted by Gasteiger charge is 2.35. The lowest BCUT2D eigenvalue weighted by Crippen LogP contribution is -2.48. The zero-order valence-corrected chi connectivity index (χ0v) is 16.7. The number of aliphatic imine (C=N–C) groups is 1. The Morgan fingerprint density at radius 2 is 1.63 bits per heavy atom. The van der Waals surface area contributed by atoms with Gasteiger partial charge < -0.3 is 15.4 Å². The number of benzene rings is 2. The zero-order valence-electron chi connectivity index (χ0n) is 16.7. The van der Waals surface area contributed by atoms with Crippen LogP contribution in [0.4, 0.5) is 0 Å². The van der Waals surface area contributed by atoms with Crippen molar-refractivity contribution in [1.82, 2.24) is 10.6 Å². The molecular weight excluding hydrogens is 334 g/mol. The monoisotopic (exact) mass is 365 g/mol. The van der Waals surface area contributed by atoms with E-state index < -0.39 is 0 Å². The summed E-state index contributed by atoms with van der Waals surface area (Å²) >= 11 is 0. The van der Waals surface area contributed by atoms with E-state index in [-0.39, 0.29) is 5.41 Å². The number of hydrogen-bond donors (Lipinski definition) is 2. The molecule has 2 aromatic rings. The van der Waals surface area contributed by atoms with Crippen molar-refractivity contribution in [3.63, 3.8) is 0 Å². The predicted octanol–water partition coefficient (Wildman–Crippen LogP) is 3.72. The molecule has 1 fully saturated rings. The van der Waals surface area contributed by atoms with Crippen molar-refractivity contribution in [3.05, 3.63) is 70.8 Å². The Kier molecular flexibility index (Phi) is 6.51. The number of aryl methyl sites for hydroxylation is 2. The molecule has 1 aliphatic heterocycles. The molecular formula is C23H31N3O. The van der Waals surface area contributed by atoms with Crippen LogP contribution in [-0.2, 0) is 16.7 Å². The Morgan fingerprint density at radius 3 is 2.30 bits per heavy atom. The summed E-state index contributed by atoms with van der Waals surface area (Å²) in [4.78, 5) is 4.43. The summed E-state index contributed by atoms with van der Waals surface area (Å²) in [7, 11) is 1.83. The SMILES string of the molecule is CN=C(NCc1ccccc1C)NCC1(c2ccccc2C)CCOCC1. The molecule has 2 N–H and O–H groups in total. The minimum atomic E-state index is 0.0872. The second-order valence-electron chi connectivity index (χ2n) is 7.41. The quantitative estimate of drug-likeness (QED) is 0.627. The van der Waals surface area contributed by atoms with E-state index in [0.717, 1.165) is 45.1 Å². The molecule has 144 valence electrons. The third kappa shape index (κ3) is 4.69. The molecule has 1 heterocycles. The first-order valence-corrected chi connectivity index (χ1v) is 9.77. The lowest BCUT2D eigenvalue weighted by molar-refractivity contribution is 0.0512. The average Bonchev–Trinajstić information content (AvgIpc) is 2.70. The van der Waals surface area contributed by atoms with Gasteiger partial charge in [-0.1, -0.05) is 48.5 Å². The molecule has 0 spiro atoms. The third-order valence-electron chi connectivity index (χ3n) is 5.69. The molecule has 27 heavy (non-hydrogen) atoms. The maximum Gasteiger partial charge on any atom is 0.191 e. The van der Waals surface area contributed by atoms with Gasteiger partial charge in [0, 0.05) is 38.8 Å². The number of guanidine groups is 1. The summed E-state index contributed by atoms with van der Waals surface area (Å²) < 4.78 is 5.66. The molecule has 4 heteroatoms. The second-order valence-corrected chi connectivity index (χ2v) is 7.41. The van der Waals surface area contributed by atoms with Crippen LogP contribution in [0.3, 0.4) is 0 Å². The molecule has 0 aliphatic carbocycles. The smallest absolute Gasteiger partial charge is 0.191 e. The van der Waals surface area contributed by atoms with Crippen LogP contribution < -0.4 is 10.6 Å². The molecule has 0 aromatic heterocycles. The van der Waals surface area contributed by atoms with E-state index in [4.69, 9.17) is 4.74 Å². The van der Waals surface area contributed by atoms with Crippen molar-refractivity contribution in [2.45, 2.75) is 38.6 Å². The van der Waals surface area contributed by atoms with Gasteiger partial charge in [0.15, 0.2) is 5.96 Å². The molecule has 0 unspecified atom stereocenters. The molecule has 0 radical (unpaired) electrons. The zero-order chi connectivity index (χ0) is 19.1. The van der Waals surface area contributed by atoms with Crippen molar-refractivity contribution in [1.29, 1.82) is 0 Å². The molecule has 3 rings (SSSR count). The van der Waals surface area contributed by atoms with Crippen LogP contribution in [0.2, 0.25) is 0 Å². The average molecular weight is 366 g/mol. The highest BCUT2D eigenvalue weighted by molar-refractivity contribution is 5.79. The van der Waals surface area contributed by atoms with Crippen molar-refractivity contribution in [2.75, 3.05) is 26.8 Å². The Morgan fingerprint density at radius 1 is 0.963 bits per heavy atom. The summed E-state index contributed by atoms with van der Waals surface area (Å²) in [5.41, 5.74) is 5.45. The van der Waals surface area contributed by atoms with E-state index in [1.807, 2.05) is 7.05 Å². The van der Waals surface area contributed by atoms with Crippen LogP contribution in [0.1, 0.15) is 35.1 Å². The van der Waals surface area contributed by atoms with Gasteiger partial charge in [0.2, 0.25) is 0 Å². The van der Waals surface area contributed by atoms with Gasteiger partial charge in [-0.2, -0.15) is 0 Å². The Hall–Kier alpha value is -2.33. The first-order chi connectivity index (χ1) is 13.1. The van der Waals surface area contributed by atoms with Gasteiger partial charge in [0.25, 0.3) is 0 Å². The largest absolute Gasteiger partial charge is 0.381 e. The molecule has 2 aromatic carbocycles. The summed E-state index contributed by atoms with van der Waals surface area (Å²) in [6, 6.07) is 17.2. The molecule has 0 amide bonds. The molecule has 0 bridgehead atoms. The van der Waals surface area contributed by atoms with E-state index in [1.54, 1.807) is 0 Å². The van der Waals surface area contributed by atoms with Gasteiger partial charge in [-0.05, 0) is 48.9 Å². The van der Waals surface area contributed by atoms with Gasteiger partial charge in [-0.25, -0.2) is 0 Å². The highest BCUT2D eigenvalue weighted by Crippen LogP contribution is 2.36. The third-order valence-corrected chi connectivity index (χ3v) is 5.69. The molecule has 4 nitrogen and oxygen atoms in total. The summed E-state index contributed by atoms with van der Waals surface area (Å²) in [6.45, 7) is 7.60. The van der Waals surface area contributed by atoms with Crippen LogP contribution in [0.15, 0.2) is 53.5 Å². The van der Waals surface area contributed by atoms with Crippen molar-refractivity contribution in [3.8, 4) is 0 Å². The van der Waals surface area contributed by atoms with Crippen LogP contribution in [-0.4, -0.2) is 32.8 Å². The first kappa shape index (κ1) is 19.4. The Balaban J connectivity index is 1.69.